The van der Waals surface area contributed by atoms with Gasteiger partial charge in [-0.25, -0.2) is 0 Å². The summed E-state index contributed by atoms with van der Waals surface area (Å²) in [5, 5.41) is 5.49. The van der Waals surface area contributed by atoms with Crippen LogP contribution in [-0.4, -0.2) is 34.9 Å². The van der Waals surface area contributed by atoms with Gasteiger partial charge in [-0.1, -0.05) is 54.6 Å². The molecule has 132 valence electrons. The number of hydrogen-bond donors (Lipinski definition) is 1. The zero-order valence-electron chi connectivity index (χ0n) is 14.8. The smallest absolute Gasteiger partial charge is 0.273 e. The van der Waals surface area contributed by atoms with Crippen LogP contribution in [0.3, 0.4) is 0 Å². The molecule has 0 atom stereocenters. The Balaban J connectivity index is 1.65. The zero-order chi connectivity index (χ0) is 17.8. The number of amides is 1. The van der Waals surface area contributed by atoms with E-state index in [1.165, 1.54) is 0 Å². The van der Waals surface area contributed by atoms with Gasteiger partial charge < -0.3 is 10.2 Å². The number of piperidine rings is 1. The van der Waals surface area contributed by atoms with Gasteiger partial charge in [-0.3, -0.25) is 9.78 Å². The van der Waals surface area contributed by atoms with Gasteiger partial charge in [0.15, 0.2) is 0 Å². The van der Waals surface area contributed by atoms with E-state index in [0.29, 0.717) is 12.2 Å². The molecule has 4 heteroatoms. The molecule has 4 nitrogen and oxygen atoms in total. The number of fused-ring (bicyclic) bond motifs is 1. The van der Waals surface area contributed by atoms with Crippen LogP contribution in [0.25, 0.3) is 10.8 Å². The summed E-state index contributed by atoms with van der Waals surface area (Å²) in [4.78, 5) is 19.8. The number of carbonyl (C=O) groups is 1. The number of rotatable bonds is 4. The maximum atomic E-state index is 13.3. The summed E-state index contributed by atoms with van der Waals surface area (Å²) in [6.07, 6.45) is 3.75. The Morgan fingerprint density at radius 1 is 1.00 bits per heavy atom. The van der Waals surface area contributed by atoms with Gasteiger partial charge in [-0.15, -0.1) is 0 Å². The van der Waals surface area contributed by atoms with Gasteiger partial charge >= 0.3 is 0 Å². The maximum Gasteiger partial charge on any atom is 0.273 e. The number of aromatic nitrogens is 1. The third kappa shape index (κ3) is 3.60. The van der Waals surface area contributed by atoms with E-state index < -0.39 is 0 Å². The first-order valence-electron chi connectivity index (χ1n) is 9.22. The Bertz CT molecular complexity index is 888. The van der Waals surface area contributed by atoms with Crippen LogP contribution in [0, 0.1) is 0 Å². The summed E-state index contributed by atoms with van der Waals surface area (Å²) >= 11 is 0. The highest BCUT2D eigenvalue weighted by Gasteiger charge is 2.27. The summed E-state index contributed by atoms with van der Waals surface area (Å²) in [6.45, 7) is 2.53. The maximum absolute atomic E-state index is 13.3. The van der Waals surface area contributed by atoms with Gasteiger partial charge in [-0.2, -0.15) is 0 Å². The molecule has 4 rings (SSSR count). The molecular weight excluding hydrogens is 322 g/mol. The normalized spacial score (nSPS) is 15.1. The van der Waals surface area contributed by atoms with Crippen molar-refractivity contribution >= 4 is 16.7 Å². The second kappa shape index (κ2) is 7.67. The summed E-state index contributed by atoms with van der Waals surface area (Å²) in [5.74, 6) is 0.0199. The molecule has 0 bridgehead atoms. The second-order valence-electron chi connectivity index (χ2n) is 6.82. The molecule has 3 aromatic rings. The van der Waals surface area contributed by atoms with E-state index in [0.717, 1.165) is 42.3 Å². The molecular formula is C22H23N3O. The van der Waals surface area contributed by atoms with Crippen LogP contribution >= 0.6 is 0 Å². The SMILES string of the molecule is O=C(c1cc2ccccc2cn1)N(Cc1ccccc1)C1CCNCC1. The third-order valence-corrected chi connectivity index (χ3v) is 5.06. The molecule has 1 saturated heterocycles. The fraction of sp³-hybridized carbons (Fsp3) is 0.273. The van der Waals surface area contributed by atoms with E-state index in [9.17, 15) is 4.79 Å². The van der Waals surface area contributed by atoms with Gasteiger partial charge in [0.1, 0.15) is 5.69 Å². The molecule has 0 saturated carbocycles. The molecule has 1 aromatic heterocycles. The molecule has 26 heavy (non-hydrogen) atoms. The molecule has 2 heterocycles. The van der Waals surface area contributed by atoms with Crippen molar-refractivity contribution in [1.82, 2.24) is 15.2 Å². The van der Waals surface area contributed by atoms with E-state index in [-0.39, 0.29) is 11.9 Å². The van der Waals surface area contributed by atoms with Crippen molar-refractivity contribution in [3.8, 4) is 0 Å². The van der Waals surface area contributed by atoms with Gasteiger partial charge in [0, 0.05) is 24.2 Å². The Hall–Kier alpha value is -2.72. The molecule has 0 aliphatic carbocycles. The summed E-state index contributed by atoms with van der Waals surface area (Å²) < 4.78 is 0. The van der Waals surface area contributed by atoms with Crippen molar-refractivity contribution in [2.24, 2.45) is 0 Å². The minimum absolute atomic E-state index is 0.0199. The zero-order valence-corrected chi connectivity index (χ0v) is 14.8. The molecule has 2 aromatic carbocycles. The van der Waals surface area contributed by atoms with Crippen LogP contribution in [0.2, 0.25) is 0 Å². The highest BCUT2D eigenvalue weighted by Crippen LogP contribution is 2.20. The molecule has 0 unspecified atom stereocenters. The predicted molar refractivity (Wildman–Crippen MR) is 104 cm³/mol. The van der Waals surface area contributed by atoms with Crippen molar-refractivity contribution in [1.29, 1.82) is 0 Å². The average Bonchev–Trinajstić information content (AvgIpc) is 2.72. The van der Waals surface area contributed by atoms with Gasteiger partial charge in [0.2, 0.25) is 0 Å². The standard InChI is InChI=1S/C22H23N3O/c26-22(21-14-18-8-4-5-9-19(18)15-24-21)25(20-10-12-23-13-11-20)16-17-6-2-1-3-7-17/h1-9,14-15,20,23H,10-13,16H2. The summed E-state index contributed by atoms with van der Waals surface area (Å²) in [7, 11) is 0. The number of nitrogens with zero attached hydrogens (tertiary/aromatic N) is 2. The molecule has 1 aliphatic rings. The van der Waals surface area contributed by atoms with Crippen molar-refractivity contribution in [3.05, 3.63) is 78.1 Å². The number of nitrogens with one attached hydrogen (secondary N) is 1. The lowest BCUT2D eigenvalue weighted by Gasteiger charge is -2.34. The van der Waals surface area contributed by atoms with E-state index in [4.69, 9.17) is 0 Å². The topological polar surface area (TPSA) is 45.2 Å². The first kappa shape index (κ1) is 16.7. The minimum atomic E-state index is 0.0199. The van der Waals surface area contributed by atoms with Crippen molar-refractivity contribution in [2.75, 3.05) is 13.1 Å². The summed E-state index contributed by atoms with van der Waals surface area (Å²) in [5.41, 5.74) is 1.68. The van der Waals surface area contributed by atoms with Gasteiger partial charge in [0.05, 0.1) is 0 Å². The first-order valence-corrected chi connectivity index (χ1v) is 9.22. The number of hydrogen-bond acceptors (Lipinski definition) is 3. The lowest BCUT2D eigenvalue weighted by Crippen LogP contribution is -2.46. The first-order chi connectivity index (χ1) is 12.8. The summed E-state index contributed by atoms with van der Waals surface area (Å²) in [6, 6.07) is 20.4. The lowest BCUT2D eigenvalue weighted by molar-refractivity contribution is 0.0617. The highest BCUT2D eigenvalue weighted by atomic mass is 16.2. The lowest BCUT2D eigenvalue weighted by atomic mass is 10.0. The van der Waals surface area contributed by atoms with E-state index in [1.54, 1.807) is 6.20 Å². The highest BCUT2D eigenvalue weighted by molar-refractivity contribution is 5.96. The van der Waals surface area contributed by atoms with E-state index >= 15 is 0 Å². The molecule has 0 radical (unpaired) electrons. The Morgan fingerprint density at radius 2 is 1.69 bits per heavy atom. The second-order valence-corrected chi connectivity index (χ2v) is 6.82. The largest absolute Gasteiger partial charge is 0.330 e. The molecule has 0 spiro atoms. The predicted octanol–water partition coefficient (Wildman–Crippen LogP) is 3.63. The Labute approximate surface area is 153 Å². The molecule has 1 N–H and O–H groups in total. The van der Waals surface area contributed by atoms with Gasteiger partial charge in [-0.05, 0) is 42.9 Å². The van der Waals surface area contributed by atoms with E-state index in [2.05, 4.69) is 22.4 Å². The van der Waals surface area contributed by atoms with Crippen LogP contribution in [0.15, 0.2) is 66.9 Å². The van der Waals surface area contributed by atoms with Crippen LogP contribution in [0.5, 0.6) is 0 Å². The third-order valence-electron chi connectivity index (χ3n) is 5.06. The fourth-order valence-electron chi connectivity index (χ4n) is 3.61. The fourth-order valence-corrected chi connectivity index (χ4v) is 3.61. The average molecular weight is 345 g/mol. The van der Waals surface area contributed by atoms with Crippen molar-refractivity contribution < 1.29 is 4.79 Å². The quantitative estimate of drug-likeness (QED) is 0.785. The molecule has 1 amide bonds. The van der Waals surface area contributed by atoms with Crippen LogP contribution in [-0.2, 0) is 6.54 Å². The Morgan fingerprint density at radius 3 is 2.46 bits per heavy atom. The number of benzene rings is 2. The van der Waals surface area contributed by atoms with Gasteiger partial charge in [0.25, 0.3) is 5.91 Å². The number of carbonyl (C=O) groups excluding carboxylic acids is 1. The van der Waals surface area contributed by atoms with Crippen LogP contribution in [0.4, 0.5) is 0 Å². The molecule has 1 fully saturated rings. The van der Waals surface area contributed by atoms with Crippen molar-refractivity contribution in [2.45, 2.75) is 25.4 Å². The van der Waals surface area contributed by atoms with Crippen molar-refractivity contribution in [3.63, 3.8) is 0 Å². The molecule has 1 aliphatic heterocycles. The minimum Gasteiger partial charge on any atom is -0.330 e. The van der Waals surface area contributed by atoms with E-state index in [1.807, 2.05) is 53.4 Å². The van der Waals surface area contributed by atoms with Crippen LogP contribution < -0.4 is 5.32 Å². The number of pyridine rings is 1. The van der Waals surface area contributed by atoms with Crippen LogP contribution in [0.1, 0.15) is 28.9 Å². The monoisotopic (exact) mass is 345 g/mol. The Kier molecular flexibility index (Phi) is 4.93.